The van der Waals surface area contributed by atoms with Gasteiger partial charge in [-0.15, -0.1) is 0 Å². The Morgan fingerprint density at radius 2 is 1.88 bits per heavy atom. The van der Waals surface area contributed by atoms with Crippen molar-refractivity contribution in [1.29, 1.82) is 0 Å². The molecule has 0 bridgehead atoms. The Kier molecular flexibility index (Phi) is 7.94. The molecule has 0 aliphatic carbocycles. The van der Waals surface area contributed by atoms with Crippen molar-refractivity contribution in [3.8, 4) is 0 Å². The van der Waals surface area contributed by atoms with Gasteiger partial charge in [-0.1, -0.05) is 46.0 Å². The molecular formula is C23H41N3. The second-order valence-electron chi connectivity index (χ2n) is 8.70. The molecule has 0 spiro atoms. The molecule has 0 radical (unpaired) electrons. The first-order valence-corrected chi connectivity index (χ1v) is 10.8. The number of unbranched alkanes of at least 4 members (excludes halogenated alkanes) is 3. The maximum Gasteiger partial charge on any atom is 0.0599 e. The van der Waals surface area contributed by atoms with E-state index in [0.29, 0.717) is 11.6 Å². The fourth-order valence-corrected chi connectivity index (χ4v) is 4.71. The third kappa shape index (κ3) is 5.22. The number of hydrogen-bond donors (Lipinski definition) is 0. The quantitative estimate of drug-likeness (QED) is 0.469. The van der Waals surface area contributed by atoms with Crippen molar-refractivity contribution in [2.45, 2.75) is 97.1 Å². The molecule has 1 aliphatic heterocycles. The Balaban J connectivity index is 2.23. The van der Waals surface area contributed by atoms with Crippen LogP contribution in [-0.4, -0.2) is 36.1 Å². The van der Waals surface area contributed by atoms with Crippen molar-refractivity contribution in [3.63, 3.8) is 0 Å². The van der Waals surface area contributed by atoms with Gasteiger partial charge in [-0.05, 0) is 58.2 Å². The summed E-state index contributed by atoms with van der Waals surface area (Å²) in [5.74, 6) is 0. The van der Waals surface area contributed by atoms with Crippen LogP contribution in [-0.2, 0) is 0 Å². The van der Waals surface area contributed by atoms with Gasteiger partial charge < -0.3 is 4.90 Å². The van der Waals surface area contributed by atoms with E-state index in [9.17, 15) is 0 Å². The second kappa shape index (κ2) is 9.73. The van der Waals surface area contributed by atoms with E-state index >= 15 is 0 Å². The molecule has 1 aromatic rings. The van der Waals surface area contributed by atoms with Crippen molar-refractivity contribution in [2.24, 2.45) is 0 Å². The van der Waals surface area contributed by atoms with Crippen molar-refractivity contribution in [2.75, 3.05) is 25.5 Å². The molecule has 2 rings (SSSR count). The van der Waals surface area contributed by atoms with Gasteiger partial charge >= 0.3 is 0 Å². The fourth-order valence-electron chi connectivity index (χ4n) is 4.71. The van der Waals surface area contributed by atoms with Crippen LogP contribution < -0.4 is 4.90 Å². The third-order valence-corrected chi connectivity index (χ3v) is 6.12. The lowest BCUT2D eigenvalue weighted by Gasteiger charge is -2.43. The van der Waals surface area contributed by atoms with E-state index in [1.807, 2.05) is 0 Å². The highest BCUT2D eigenvalue weighted by atomic mass is 15.2. The number of likely N-dealkylation sites (tertiary alicyclic amines) is 1. The summed E-state index contributed by atoms with van der Waals surface area (Å²) in [7, 11) is 4.25. The van der Waals surface area contributed by atoms with E-state index in [2.05, 4.69) is 63.7 Å². The minimum Gasteiger partial charge on any atom is -0.378 e. The molecule has 148 valence electrons. The van der Waals surface area contributed by atoms with E-state index < -0.39 is 0 Å². The van der Waals surface area contributed by atoms with Crippen LogP contribution >= 0.6 is 0 Å². The topological polar surface area (TPSA) is 19.4 Å². The van der Waals surface area contributed by atoms with Crippen LogP contribution in [0.2, 0.25) is 0 Å². The van der Waals surface area contributed by atoms with Crippen LogP contribution in [0.1, 0.15) is 96.0 Å². The smallest absolute Gasteiger partial charge is 0.0599 e. The van der Waals surface area contributed by atoms with Crippen LogP contribution in [0, 0.1) is 6.92 Å². The first-order chi connectivity index (χ1) is 12.4. The molecule has 0 saturated carbocycles. The van der Waals surface area contributed by atoms with Crippen LogP contribution in [0.5, 0.6) is 0 Å². The predicted molar refractivity (Wildman–Crippen MR) is 114 cm³/mol. The van der Waals surface area contributed by atoms with Crippen LogP contribution in [0.4, 0.5) is 5.69 Å². The number of rotatable bonds is 10. The van der Waals surface area contributed by atoms with Gasteiger partial charge in [-0.3, -0.25) is 9.88 Å². The zero-order valence-corrected chi connectivity index (χ0v) is 18.1. The van der Waals surface area contributed by atoms with Gasteiger partial charge in [-0.25, -0.2) is 0 Å². The number of hydrogen-bond acceptors (Lipinski definition) is 3. The van der Waals surface area contributed by atoms with Crippen molar-refractivity contribution < 1.29 is 0 Å². The van der Waals surface area contributed by atoms with E-state index in [0.717, 1.165) is 5.69 Å². The number of anilines is 1. The Morgan fingerprint density at radius 3 is 2.54 bits per heavy atom. The summed E-state index contributed by atoms with van der Waals surface area (Å²) in [4.78, 5) is 9.97. The summed E-state index contributed by atoms with van der Waals surface area (Å²) < 4.78 is 0. The predicted octanol–water partition coefficient (Wildman–Crippen LogP) is 6.12. The second-order valence-corrected chi connectivity index (χ2v) is 8.70. The lowest BCUT2D eigenvalue weighted by molar-refractivity contribution is 0.0669. The largest absolute Gasteiger partial charge is 0.378 e. The number of aryl methyl sites for hydroxylation is 1. The van der Waals surface area contributed by atoms with Crippen molar-refractivity contribution in [3.05, 3.63) is 23.5 Å². The molecule has 2 atom stereocenters. The maximum absolute atomic E-state index is 4.96. The molecule has 0 amide bonds. The Labute approximate surface area is 162 Å². The highest BCUT2D eigenvalue weighted by Gasteiger charge is 2.39. The minimum atomic E-state index is 0.313. The zero-order valence-electron chi connectivity index (χ0n) is 18.1. The van der Waals surface area contributed by atoms with E-state index in [1.165, 1.54) is 75.7 Å². The van der Waals surface area contributed by atoms with Gasteiger partial charge in [0.1, 0.15) is 0 Å². The van der Waals surface area contributed by atoms with Crippen molar-refractivity contribution in [1.82, 2.24) is 9.88 Å². The maximum atomic E-state index is 4.96. The molecule has 1 aliphatic rings. The van der Waals surface area contributed by atoms with Gasteiger partial charge in [0.15, 0.2) is 0 Å². The van der Waals surface area contributed by atoms with Gasteiger partial charge in [0, 0.05) is 31.0 Å². The summed E-state index contributed by atoms with van der Waals surface area (Å²) in [6, 6.07) is 4.99. The molecule has 1 fully saturated rings. The summed E-state index contributed by atoms with van der Waals surface area (Å²) in [5, 5.41) is 0. The fraction of sp³-hybridized carbons (Fsp3) is 0.783. The molecule has 1 aromatic heterocycles. The molecule has 1 saturated heterocycles. The molecule has 0 N–H and O–H groups in total. The van der Waals surface area contributed by atoms with Gasteiger partial charge in [0.25, 0.3) is 0 Å². The highest BCUT2D eigenvalue weighted by Crippen LogP contribution is 2.41. The number of nitrogens with zero attached hydrogens (tertiary/aromatic N) is 3. The summed E-state index contributed by atoms with van der Waals surface area (Å²) in [5.41, 5.74) is 4.01. The molecular weight excluding hydrogens is 318 g/mol. The molecule has 26 heavy (non-hydrogen) atoms. The number of pyridine rings is 1. The van der Waals surface area contributed by atoms with E-state index in [-0.39, 0.29) is 0 Å². The molecule has 0 aromatic carbocycles. The van der Waals surface area contributed by atoms with Crippen LogP contribution in [0.25, 0.3) is 0 Å². The monoisotopic (exact) mass is 359 g/mol. The normalized spacial score (nSPS) is 20.3. The van der Waals surface area contributed by atoms with E-state index in [1.54, 1.807) is 0 Å². The zero-order chi connectivity index (χ0) is 19.2. The standard InChI is InChI=1S/C23H41N3/c1-7-9-10-11-15-23(4,14-8-2)26-16-12-13-22(26)21-18-20(25(5)6)17-19(3)24-21/h17-18,22H,7-16H2,1-6H3. The molecule has 2 heterocycles. The number of aromatic nitrogens is 1. The van der Waals surface area contributed by atoms with Gasteiger partial charge in [0.05, 0.1) is 11.7 Å². The minimum absolute atomic E-state index is 0.313. The first kappa shape index (κ1) is 21.2. The van der Waals surface area contributed by atoms with Gasteiger partial charge in [0.2, 0.25) is 0 Å². The highest BCUT2D eigenvalue weighted by molar-refractivity contribution is 5.47. The summed E-state index contributed by atoms with van der Waals surface area (Å²) in [6.45, 7) is 10.5. The third-order valence-electron chi connectivity index (χ3n) is 6.12. The molecule has 2 unspecified atom stereocenters. The molecule has 3 heteroatoms. The lowest BCUT2D eigenvalue weighted by Crippen LogP contribution is -2.46. The SMILES string of the molecule is CCCCCCC(C)(CCC)N1CCCC1c1cc(N(C)C)cc(C)n1. The average molecular weight is 360 g/mol. The molecule has 3 nitrogen and oxygen atoms in total. The Morgan fingerprint density at radius 1 is 1.12 bits per heavy atom. The Hall–Kier alpha value is -1.09. The van der Waals surface area contributed by atoms with Crippen molar-refractivity contribution >= 4 is 5.69 Å². The first-order valence-electron chi connectivity index (χ1n) is 10.8. The van der Waals surface area contributed by atoms with Gasteiger partial charge in [-0.2, -0.15) is 0 Å². The summed E-state index contributed by atoms with van der Waals surface area (Å²) >= 11 is 0. The van der Waals surface area contributed by atoms with Crippen LogP contribution in [0.3, 0.4) is 0 Å². The summed E-state index contributed by atoms with van der Waals surface area (Å²) in [6.07, 6.45) is 11.8. The van der Waals surface area contributed by atoms with Crippen LogP contribution in [0.15, 0.2) is 12.1 Å². The lowest BCUT2D eigenvalue weighted by atomic mass is 9.86. The Bertz CT molecular complexity index is 554. The average Bonchev–Trinajstić information content (AvgIpc) is 3.09. The van der Waals surface area contributed by atoms with E-state index in [4.69, 9.17) is 4.98 Å².